The molecule has 0 fully saturated rings. The van der Waals surface area contributed by atoms with Crippen LogP contribution in [0, 0.1) is 10.1 Å². The van der Waals surface area contributed by atoms with E-state index in [0.29, 0.717) is 22.6 Å². The molecule has 0 radical (unpaired) electrons. The topological polar surface area (TPSA) is 100 Å². The molecule has 0 saturated heterocycles. The normalized spacial score (nSPS) is 10.8. The number of esters is 1. The Kier molecular flexibility index (Phi) is 5.25. The van der Waals surface area contributed by atoms with Gasteiger partial charge in [-0.3, -0.25) is 10.1 Å². The summed E-state index contributed by atoms with van der Waals surface area (Å²) in [6, 6.07) is 11.4. The first-order valence-electron chi connectivity index (χ1n) is 8.37. The van der Waals surface area contributed by atoms with E-state index < -0.39 is 10.9 Å². The number of nitro groups is 1. The van der Waals surface area contributed by atoms with E-state index in [2.05, 4.69) is 10.1 Å². The number of carbonyl (C=O) groups is 1. The third-order valence-corrected chi connectivity index (χ3v) is 3.93. The quantitative estimate of drug-likeness (QED) is 0.375. The summed E-state index contributed by atoms with van der Waals surface area (Å²) in [7, 11) is 0. The summed E-state index contributed by atoms with van der Waals surface area (Å²) in [5, 5.41) is 15.1. The van der Waals surface area contributed by atoms with Gasteiger partial charge in [-0.2, -0.15) is 5.10 Å². The molecule has 0 saturated carbocycles. The van der Waals surface area contributed by atoms with Crippen LogP contribution in [0.2, 0.25) is 0 Å². The Morgan fingerprint density at radius 2 is 2.07 bits per heavy atom. The fourth-order valence-electron chi connectivity index (χ4n) is 2.72. The number of carbonyl (C=O) groups excluding carboxylic acids is 1. The Labute approximate surface area is 155 Å². The second-order valence-corrected chi connectivity index (χ2v) is 6.20. The molecule has 3 aromatic rings. The Morgan fingerprint density at radius 3 is 2.74 bits per heavy atom. The van der Waals surface area contributed by atoms with Crippen molar-refractivity contribution in [1.82, 2.24) is 14.8 Å². The molecular formula is C19H18N4O4. The zero-order chi connectivity index (χ0) is 19.4. The van der Waals surface area contributed by atoms with Crippen molar-refractivity contribution in [1.29, 1.82) is 0 Å². The van der Waals surface area contributed by atoms with Gasteiger partial charge in [-0.25, -0.2) is 14.5 Å². The number of benzene rings is 1. The van der Waals surface area contributed by atoms with Crippen molar-refractivity contribution < 1.29 is 14.5 Å². The van der Waals surface area contributed by atoms with Crippen LogP contribution in [0.15, 0.2) is 54.9 Å². The highest BCUT2D eigenvalue weighted by molar-refractivity contribution is 5.90. The first-order valence-corrected chi connectivity index (χ1v) is 8.37. The van der Waals surface area contributed by atoms with Gasteiger partial charge >= 0.3 is 5.97 Å². The maximum Gasteiger partial charge on any atom is 0.341 e. The van der Waals surface area contributed by atoms with Gasteiger partial charge < -0.3 is 4.74 Å². The first-order chi connectivity index (χ1) is 13.0. The summed E-state index contributed by atoms with van der Waals surface area (Å²) in [5.41, 5.74) is 1.54. The van der Waals surface area contributed by atoms with Crippen LogP contribution in [0.5, 0.6) is 0 Å². The Bertz CT molecular complexity index is 967. The molecule has 8 nitrogen and oxygen atoms in total. The summed E-state index contributed by atoms with van der Waals surface area (Å²) in [5.74, 6) is 0.0844. The molecule has 0 bridgehead atoms. The zero-order valence-electron chi connectivity index (χ0n) is 14.9. The lowest BCUT2D eigenvalue weighted by molar-refractivity contribution is -0.384. The summed E-state index contributed by atoms with van der Waals surface area (Å²) in [4.78, 5) is 27.2. The molecule has 3 rings (SSSR count). The molecule has 0 atom stereocenters. The van der Waals surface area contributed by atoms with Crippen LogP contribution in [0.4, 0.5) is 5.69 Å². The number of nitrogens with zero attached hydrogens (tertiary/aromatic N) is 4. The largest absolute Gasteiger partial charge is 0.457 e. The molecule has 8 heteroatoms. The fraction of sp³-hybridized carbons (Fsp3) is 0.211. The number of ether oxygens (including phenoxy) is 1. The van der Waals surface area contributed by atoms with Gasteiger partial charge in [-0.05, 0) is 23.6 Å². The summed E-state index contributed by atoms with van der Waals surface area (Å²) in [6.45, 7) is 3.84. The monoisotopic (exact) mass is 366 g/mol. The van der Waals surface area contributed by atoms with Crippen molar-refractivity contribution in [3.05, 3.63) is 81.8 Å². The standard InChI is InChI=1S/C19H18N4O4/c1-13(2)18-16(11-21-22(18)17-8-3-4-9-20-17)19(24)27-12-14-6-5-7-15(10-14)23(25)26/h3-11,13H,12H2,1-2H3. The SMILES string of the molecule is CC(C)c1c(C(=O)OCc2cccc([N+](=O)[O-])c2)cnn1-c1ccccn1. The number of rotatable bonds is 6. The minimum Gasteiger partial charge on any atom is -0.457 e. The van der Waals surface area contributed by atoms with Crippen molar-refractivity contribution in [3.63, 3.8) is 0 Å². The average Bonchev–Trinajstić information content (AvgIpc) is 3.12. The van der Waals surface area contributed by atoms with Crippen molar-refractivity contribution in [2.45, 2.75) is 26.4 Å². The maximum absolute atomic E-state index is 12.6. The first kappa shape index (κ1) is 18.2. The van der Waals surface area contributed by atoms with E-state index in [0.717, 1.165) is 0 Å². The van der Waals surface area contributed by atoms with Crippen molar-refractivity contribution in [3.8, 4) is 5.82 Å². The molecule has 2 aromatic heterocycles. The van der Waals surface area contributed by atoms with Gasteiger partial charge in [0.1, 0.15) is 12.2 Å². The minimum absolute atomic E-state index is 0.00914. The Balaban J connectivity index is 1.82. The number of nitro benzene ring substituents is 1. The molecule has 0 N–H and O–H groups in total. The zero-order valence-corrected chi connectivity index (χ0v) is 14.9. The molecule has 0 unspecified atom stereocenters. The van der Waals surface area contributed by atoms with E-state index in [9.17, 15) is 14.9 Å². The maximum atomic E-state index is 12.6. The van der Waals surface area contributed by atoms with E-state index in [4.69, 9.17) is 4.74 Å². The minimum atomic E-state index is -0.535. The van der Waals surface area contributed by atoms with Crippen molar-refractivity contribution in [2.75, 3.05) is 0 Å². The van der Waals surface area contributed by atoms with E-state index in [1.165, 1.54) is 18.3 Å². The molecule has 0 aliphatic rings. The summed E-state index contributed by atoms with van der Waals surface area (Å²) in [6.07, 6.45) is 3.11. The van der Waals surface area contributed by atoms with Crippen LogP contribution in [-0.2, 0) is 11.3 Å². The van der Waals surface area contributed by atoms with Crippen LogP contribution >= 0.6 is 0 Å². The van der Waals surface area contributed by atoms with Crippen LogP contribution in [0.3, 0.4) is 0 Å². The molecule has 27 heavy (non-hydrogen) atoms. The lowest BCUT2D eigenvalue weighted by atomic mass is 10.1. The number of non-ortho nitro benzene ring substituents is 1. The second kappa shape index (κ2) is 7.77. The van der Waals surface area contributed by atoms with E-state index in [1.807, 2.05) is 19.9 Å². The third-order valence-electron chi connectivity index (χ3n) is 3.93. The van der Waals surface area contributed by atoms with Crippen LogP contribution in [-0.4, -0.2) is 25.7 Å². The highest BCUT2D eigenvalue weighted by Gasteiger charge is 2.22. The average molecular weight is 366 g/mol. The van der Waals surface area contributed by atoms with Gasteiger partial charge in [0.15, 0.2) is 5.82 Å². The van der Waals surface area contributed by atoms with Crippen LogP contribution in [0.25, 0.3) is 5.82 Å². The second-order valence-electron chi connectivity index (χ2n) is 6.20. The Morgan fingerprint density at radius 1 is 1.26 bits per heavy atom. The Hall–Kier alpha value is -3.55. The van der Waals surface area contributed by atoms with E-state index in [-0.39, 0.29) is 18.2 Å². The van der Waals surface area contributed by atoms with Gasteiger partial charge in [-0.15, -0.1) is 0 Å². The van der Waals surface area contributed by atoms with Gasteiger partial charge in [0.2, 0.25) is 0 Å². The highest BCUT2D eigenvalue weighted by Crippen LogP contribution is 2.23. The smallest absolute Gasteiger partial charge is 0.341 e. The van der Waals surface area contributed by atoms with E-state index >= 15 is 0 Å². The summed E-state index contributed by atoms with van der Waals surface area (Å²) >= 11 is 0. The van der Waals surface area contributed by atoms with Crippen LogP contribution in [0.1, 0.15) is 41.4 Å². The lowest BCUT2D eigenvalue weighted by Gasteiger charge is -2.12. The molecule has 138 valence electrons. The number of hydrogen-bond donors (Lipinski definition) is 0. The molecule has 0 aliphatic heterocycles. The predicted octanol–water partition coefficient (Wildman–Crippen LogP) is 3.66. The molecule has 0 amide bonds. The van der Waals surface area contributed by atoms with Crippen molar-refractivity contribution >= 4 is 11.7 Å². The highest BCUT2D eigenvalue weighted by atomic mass is 16.6. The van der Waals surface area contributed by atoms with Gasteiger partial charge in [-0.1, -0.05) is 32.0 Å². The summed E-state index contributed by atoms with van der Waals surface area (Å²) < 4.78 is 6.97. The third kappa shape index (κ3) is 4.00. The molecule has 0 aliphatic carbocycles. The van der Waals surface area contributed by atoms with Gasteiger partial charge in [0, 0.05) is 18.3 Å². The number of aromatic nitrogens is 3. The van der Waals surface area contributed by atoms with Crippen molar-refractivity contribution in [2.24, 2.45) is 0 Å². The number of hydrogen-bond acceptors (Lipinski definition) is 6. The van der Waals surface area contributed by atoms with Gasteiger partial charge in [0.25, 0.3) is 5.69 Å². The fourth-order valence-corrected chi connectivity index (χ4v) is 2.72. The predicted molar refractivity (Wildman–Crippen MR) is 97.7 cm³/mol. The van der Waals surface area contributed by atoms with Gasteiger partial charge in [0.05, 0.1) is 16.8 Å². The molecule has 0 spiro atoms. The van der Waals surface area contributed by atoms with Crippen LogP contribution < -0.4 is 0 Å². The molecular weight excluding hydrogens is 348 g/mol. The molecule has 1 aromatic carbocycles. The number of pyridine rings is 1. The lowest BCUT2D eigenvalue weighted by Crippen LogP contribution is -2.11. The molecule has 2 heterocycles. The van der Waals surface area contributed by atoms with E-state index in [1.54, 1.807) is 35.1 Å².